The number of amides is 2. The molecule has 114 valence electrons. The van der Waals surface area contributed by atoms with Crippen LogP contribution in [0.2, 0.25) is 0 Å². The molecule has 2 N–H and O–H groups in total. The number of rotatable bonds is 7. The van der Waals surface area contributed by atoms with Gasteiger partial charge in [0.1, 0.15) is 13.2 Å². The standard InChI is InChI=1S/C15H20N2O4/c1-11(15(16)20)8-13(18)17(2)9-14(19)21-10-12-6-4-3-5-7-12/h3-7,11H,8-10H2,1-2H3,(H2,16,20). The minimum absolute atomic E-state index is 0.0161. The van der Waals surface area contributed by atoms with Gasteiger partial charge in [-0.05, 0) is 5.56 Å². The van der Waals surface area contributed by atoms with E-state index in [4.69, 9.17) is 10.5 Å². The van der Waals surface area contributed by atoms with Crippen molar-refractivity contribution in [3.05, 3.63) is 35.9 Å². The molecule has 0 saturated heterocycles. The molecule has 0 heterocycles. The van der Waals surface area contributed by atoms with E-state index < -0.39 is 17.8 Å². The van der Waals surface area contributed by atoms with E-state index in [-0.39, 0.29) is 25.5 Å². The average molecular weight is 292 g/mol. The van der Waals surface area contributed by atoms with E-state index in [1.54, 1.807) is 6.92 Å². The molecule has 0 aliphatic rings. The van der Waals surface area contributed by atoms with E-state index in [1.165, 1.54) is 11.9 Å². The number of carbonyl (C=O) groups excluding carboxylic acids is 3. The van der Waals surface area contributed by atoms with Gasteiger partial charge in [0.15, 0.2) is 0 Å². The van der Waals surface area contributed by atoms with E-state index in [2.05, 4.69) is 0 Å². The van der Waals surface area contributed by atoms with E-state index in [0.717, 1.165) is 5.56 Å². The number of primary amides is 1. The van der Waals surface area contributed by atoms with Gasteiger partial charge in [0.2, 0.25) is 11.8 Å². The number of nitrogens with two attached hydrogens (primary N) is 1. The first-order valence-corrected chi connectivity index (χ1v) is 6.63. The predicted octanol–water partition coefficient (Wildman–Crippen LogP) is 0.700. The zero-order chi connectivity index (χ0) is 15.8. The largest absolute Gasteiger partial charge is 0.459 e. The summed E-state index contributed by atoms with van der Waals surface area (Å²) in [5.41, 5.74) is 5.97. The highest BCUT2D eigenvalue weighted by molar-refractivity contribution is 5.86. The summed E-state index contributed by atoms with van der Waals surface area (Å²) in [6.45, 7) is 1.58. The molecule has 0 fully saturated rings. The Labute approximate surface area is 123 Å². The van der Waals surface area contributed by atoms with Gasteiger partial charge in [0, 0.05) is 19.4 Å². The van der Waals surface area contributed by atoms with Crippen molar-refractivity contribution in [2.45, 2.75) is 20.0 Å². The minimum Gasteiger partial charge on any atom is -0.459 e. The Morgan fingerprint density at radius 3 is 2.43 bits per heavy atom. The van der Waals surface area contributed by atoms with E-state index in [1.807, 2.05) is 30.3 Å². The molecule has 1 unspecified atom stereocenters. The Kier molecular flexibility index (Phi) is 6.39. The smallest absolute Gasteiger partial charge is 0.325 e. The molecule has 0 aliphatic heterocycles. The molecule has 0 saturated carbocycles. The number of hydrogen-bond donors (Lipinski definition) is 1. The number of carbonyl (C=O) groups is 3. The maximum Gasteiger partial charge on any atom is 0.325 e. The topological polar surface area (TPSA) is 89.7 Å². The Balaban J connectivity index is 2.36. The molecule has 0 spiro atoms. The second-order valence-corrected chi connectivity index (χ2v) is 4.90. The second kappa shape index (κ2) is 8.04. The average Bonchev–Trinajstić information content (AvgIpc) is 2.45. The maximum atomic E-state index is 11.8. The molecule has 1 rings (SSSR count). The summed E-state index contributed by atoms with van der Waals surface area (Å²) in [5, 5.41) is 0. The lowest BCUT2D eigenvalue weighted by Crippen LogP contribution is -2.35. The van der Waals surface area contributed by atoms with Crippen LogP contribution in [0.3, 0.4) is 0 Å². The molecule has 6 nitrogen and oxygen atoms in total. The monoisotopic (exact) mass is 292 g/mol. The van der Waals surface area contributed by atoms with Crippen LogP contribution in [-0.2, 0) is 25.7 Å². The summed E-state index contributed by atoms with van der Waals surface area (Å²) in [6, 6.07) is 9.26. The molecule has 1 aromatic rings. The van der Waals surface area contributed by atoms with Crippen LogP contribution in [-0.4, -0.2) is 36.3 Å². The van der Waals surface area contributed by atoms with Crippen molar-refractivity contribution in [2.24, 2.45) is 11.7 Å². The predicted molar refractivity (Wildman–Crippen MR) is 76.9 cm³/mol. The third-order valence-electron chi connectivity index (χ3n) is 3.00. The number of nitrogens with zero attached hydrogens (tertiary/aromatic N) is 1. The fourth-order valence-corrected chi connectivity index (χ4v) is 1.58. The number of benzene rings is 1. The van der Waals surface area contributed by atoms with Crippen LogP contribution in [0.4, 0.5) is 0 Å². The quantitative estimate of drug-likeness (QED) is 0.749. The Hall–Kier alpha value is -2.37. The Morgan fingerprint density at radius 2 is 1.86 bits per heavy atom. The summed E-state index contributed by atoms with van der Waals surface area (Å²) in [4.78, 5) is 35.5. The van der Waals surface area contributed by atoms with Gasteiger partial charge in [0.25, 0.3) is 0 Å². The zero-order valence-electron chi connectivity index (χ0n) is 12.2. The lowest BCUT2D eigenvalue weighted by Gasteiger charge is -2.17. The SMILES string of the molecule is CC(CC(=O)N(C)CC(=O)OCc1ccccc1)C(N)=O. The Bertz CT molecular complexity index is 502. The molecule has 2 amide bonds. The van der Waals surface area contributed by atoms with Crippen molar-refractivity contribution in [1.82, 2.24) is 4.90 Å². The summed E-state index contributed by atoms with van der Waals surface area (Å²) < 4.78 is 5.08. The van der Waals surface area contributed by atoms with Gasteiger partial charge in [0.05, 0.1) is 0 Å². The lowest BCUT2D eigenvalue weighted by molar-refractivity contribution is -0.150. The highest BCUT2D eigenvalue weighted by atomic mass is 16.5. The van der Waals surface area contributed by atoms with Crippen molar-refractivity contribution in [2.75, 3.05) is 13.6 Å². The summed E-state index contributed by atoms with van der Waals surface area (Å²) in [6.07, 6.45) is -0.0161. The number of esters is 1. The van der Waals surface area contributed by atoms with Gasteiger partial charge in [-0.1, -0.05) is 37.3 Å². The van der Waals surface area contributed by atoms with E-state index in [0.29, 0.717) is 0 Å². The second-order valence-electron chi connectivity index (χ2n) is 4.90. The van der Waals surface area contributed by atoms with Gasteiger partial charge < -0.3 is 15.4 Å². The van der Waals surface area contributed by atoms with E-state index >= 15 is 0 Å². The molecular formula is C15H20N2O4. The normalized spacial score (nSPS) is 11.5. The zero-order valence-corrected chi connectivity index (χ0v) is 12.2. The van der Waals surface area contributed by atoms with Gasteiger partial charge in [-0.2, -0.15) is 0 Å². The molecule has 1 atom stereocenters. The van der Waals surface area contributed by atoms with Crippen molar-refractivity contribution in [3.63, 3.8) is 0 Å². The molecule has 0 aromatic heterocycles. The molecule has 6 heteroatoms. The third-order valence-corrected chi connectivity index (χ3v) is 3.00. The Morgan fingerprint density at radius 1 is 1.24 bits per heavy atom. The molecule has 21 heavy (non-hydrogen) atoms. The number of likely N-dealkylation sites (N-methyl/N-ethyl adjacent to an activating group) is 1. The first-order valence-electron chi connectivity index (χ1n) is 6.63. The third kappa shape index (κ3) is 6.07. The molecule has 1 aromatic carbocycles. The van der Waals surface area contributed by atoms with Crippen LogP contribution in [0.15, 0.2) is 30.3 Å². The van der Waals surface area contributed by atoms with Crippen molar-refractivity contribution in [1.29, 1.82) is 0 Å². The first-order chi connectivity index (χ1) is 9.90. The minimum atomic E-state index is -0.555. The van der Waals surface area contributed by atoms with Crippen LogP contribution in [0.5, 0.6) is 0 Å². The van der Waals surface area contributed by atoms with Crippen molar-refractivity contribution in [3.8, 4) is 0 Å². The number of hydrogen-bond acceptors (Lipinski definition) is 4. The fraction of sp³-hybridized carbons (Fsp3) is 0.400. The highest BCUT2D eigenvalue weighted by Gasteiger charge is 2.19. The van der Waals surface area contributed by atoms with Gasteiger partial charge in [-0.25, -0.2) is 0 Å². The van der Waals surface area contributed by atoms with Crippen LogP contribution in [0.1, 0.15) is 18.9 Å². The van der Waals surface area contributed by atoms with Gasteiger partial charge >= 0.3 is 5.97 Å². The fourth-order valence-electron chi connectivity index (χ4n) is 1.58. The van der Waals surface area contributed by atoms with E-state index in [9.17, 15) is 14.4 Å². The molecular weight excluding hydrogens is 272 g/mol. The van der Waals surface area contributed by atoms with Crippen LogP contribution < -0.4 is 5.73 Å². The molecule has 0 radical (unpaired) electrons. The summed E-state index contributed by atoms with van der Waals surface area (Å²) in [7, 11) is 1.49. The lowest BCUT2D eigenvalue weighted by atomic mass is 10.1. The molecule has 0 bridgehead atoms. The number of ether oxygens (including phenoxy) is 1. The highest BCUT2D eigenvalue weighted by Crippen LogP contribution is 2.05. The summed E-state index contributed by atoms with van der Waals surface area (Å²) >= 11 is 0. The van der Waals surface area contributed by atoms with Crippen LogP contribution in [0.25, 0.3) is 0 Å². The van der Waals surface area contributed by atoms with Gasteiger partial charge in [-0.3, -0.25) is 14.4 Å². The molecule has 0 aliphatic carbocycles. The van der Waals surface area contributed by atoms with Crippen molar-refractivity contribution < 1.29 is 19.1 Å². The van der Waals surface area contributed by atoms with Crippen LogP contribution >= 0.6 is 0 Å². The first kappa shape index (κ1) is 16.7. The maximum absolute atomic E-state index is 11.8. The van der Waals surface area contributed by atoms with Crippen LogP contribution in [0, 0.1) is 5.92 Å². The summed E-state index contributed by atoms with van der Waals surface area (Å²) in [5.74, 6) is -1.91. The van der Waals surface area contributed by atoms with Gasteiger partial charge in [-0.15, -0.1) is 0 Å². The van der Waals surface area contributed by atoms with Crippen molar-refractivity contribution >= 4 is 17.8 Å².